The number of aromatic nitrogens is 4. The molecule has 53 heavy (non-hydrogen) atoms. The number of amides is 1. The van der Waals surface area contributed by atoms with Crippen molar-refractivity contribution in [1.29, 1.82) is 5.26 Å². The third-order valence-electron chi connectivity index (χ3n) is 10.1. The lowest BCUT2D eigenvalue weighted by Crippen LogP contribution is -2.54. The molecule has 4 heterocycles. The number of methoxy groups -OCH3 is 1. The number of halogens is 3. The standard InChI is InChI=1S/C39H40Cl2FN9O2/c1-39(2,3)50-12-10-28(11-13-50)51-22-34(47-48-51)36(23-6-5-7-24(14-23)38(52)49-20-29(21-49)53-4)46-27-15-30-35(45-26-8-9-33(42)31(40)16-26)25(18-43)19-44-37(30)32(41)17-27/h5-9,14-17,19,22,28-29,36,46H,10-13,20-21H2,1-4H3,(H,44,45)/t36-/m0/s1. The van der Waals surface area contributed by atoms with Gasteiger partial charge in [0.05, 0.1) is 51.2 Å². The van der Waals surface area contributed by atoms with Crippen LogP contribution in [0.4, 0.5) is 21.5 Å². The summed E-state index contributed by atoms with van der Waals surface area (Å²) in [5, 5.41) is 27.0. The Kier molecular flexibility index (Phi) is 10.3. The van der Waals surface area contributed by atoms with Crippen molar-refractivity contribution in [3.05, 3.63) is 105 Å². The Morgan fingerprint density at radius 1 is 1.06 bits per heavy atom. The molecule has 2 aromatic heterocycles. The van der Waals surface area contributed by atoms with Crippen molar-refractivity contribution in [2.24, 2.45) is 0 Å². The van der Waals surface area contributed by atoms with E-state index in [0.29, 0.717) is 57.3 Å². The Bertz CT molecular complexity index is 2200. The van der Waals surface area contributed by atoms with Crippen LogP contribution in [0, 0.1) is 17.1 Å². The second-order valence-electron chi connectivity index (χ2n) is 14.5. The van der Waals surface area contributed by atoms with Gasteiger partial charge < -0.3 is 20.3 Å². The number of nitrogens with one attached hydrogen (secondary N) is 2. The number of fused-ring (bicyclic) bond motifs is 1. The van der Waals surface area contributed by atoms with Crippen molar-refractivity contribution in [2.45, 2.75) is 57.3 Å². The van der Waals surface area contributed by atoms with Gasteiger partial charge in [-0.3, -0.25) is 14.7 Å². The van der Waals surface area contributed by atoms with Gasteiger partial charge in [0.15, 0.2) is 0 Å². The molecule has 0 radical (unpaired) electrons. The first kappa shape index (κ1) is 36.6. The number of carbonyl (C=O) groups excluding carboxylic acids is 1. The lowest BCUT2D eigenvalue weighted by molar-refractivity contribution is -0.0192. The molecule has 2 aliphatic rings. The molecule has 11 nitrogen and oxygen atoms in total. The van der Waals surface area contributed by atoms with Crippen LogP contribution in [-0.4, -0.2) is 80.6 Å². The maximum atomic E-state index is 14.0. The van der Waals surface area contributed by atoms with E-state index in [2.05, 4.69) is 57.7 Å². The topological polar surface area (TPSA) is 124 Å². The van der Waals surface area contributed by atoms with Gasteiger partial charge in [-0.1, -0.05) is 40.5 Å². The molecule has 274 valence electrons. The van der Waals surface area contributed by atoms with Gasteiger partial charge in [-0.15, -0.1) is 5.10 Å². The molecule has 7 rings (SSSR count). The number of nitrogens with zero attached hydrogens (tertiary/aromatic N) is 7. The molecule has 0 spiro atoms. The summed E-state index contributed by atoms with van der Waals surface area (Å²) in [6.07, 6.45) is 5.35. The molecule has 2 saturated heterocycles. The molecule has 2 N–H and O–H groups in total. The minimum absolute atomic E-state index is 0.0370. The first-order valence-corrected chi connectivity index (χ1v) is 18.3. The summed E-state index contributed by atoms with van der Waals surface area (Å²) >= 11 is 12.9. The average molecular weight is 757 g/mol. The summed E-state index contributed by atoms with van der Waals surface area (Å²) in [4.78, 5) is 22.2. The number of hydrogen-bond acceptors (Lipinski definition) is 9. The quantitative estimate of drug-likeness (QED) is 0.154. The fourth-order valence-electron chi connectivity index (χ4n) is 6.96. The van der Waals surface area contributed by atoms with Gasteiger partial charge in [-0.2, -0.15) is 5.26 Å². The van der Waals surface area contributed by atoms with Gasteiger partial charge in [0, 0.05) is 67.3 Å². The summed E-state index contributed by atoms with van der Waals surface area (Å²) in [6, 6.07) is 17.2. The number of pyridine rings is 1. The van der Waals surface area contributed by atoms with Crippen LogP contribution in [0.2, 0.25) is 10.0 Å². The SMILES string of the molecule is COC1CN(C(=O)c2cccc([C@H](Nc3cc(Cl)c4ncc(C#N)c(Nc5ccc(F)c(Cl)c5)c4c3)c3cn(C4CCN(C(C)(C)C)CC4)nn3)c2)C1. The van der Waals surface area contributed by atoms with E-state index in [1.54, 1.807) is 18.1 Å². The molecule has 1 atom stereocenters. The summed E-state index contributed by atoms with van der Waals surface area (Å²) < 4.78 is 21.3. The van der Waals surface area contributed by atoms with E-state index >= 15 is 0 Å². The number of ether oxygens (including phenoxy) is 1. The van der Waals surface area contributed by atoms with Crippen molar-refractivity contribution < 1.29 is 13.9 Å². The summed E-state index contributed by atoms with van der Waals surface area (Å²) in [5.41, 5.74) is 4.37. The van der Waals surface area contributed by atoms with Gasteiger partial charge >= 0.3 is 0 Å². The maximum absolute atomic E-state index is 14.0. The van der Waals surface area contributed by atoms with Crippen LogP contribution in [0.15, 0.2) is 67.0 Å². The Morgan fingerprint density at radius 3 is 2.51 bits per heavy atom. The smallest absolute Gasteiger partial charge is 0.254 e. The molecule has 3 aromatic carbocycles. The molecule has 5 aromatic rings. The van der Waals surface area contributed by atoms with Gasteiger partial charge in [0.25, 0.3) is 5.91 Å². The number of benzene rings is 3. The van der Waals surface area contributed by atoms with E-state index in [1.165, 1.54) is 24.4 Å². The summed E-state index contributed by atoms with van der Waals surface area (Å²) in [7, 11) is 1.65. The molecule has 2 fully saturated rings. The fourth-order valence-corrected chi connectivity index (χ4v) is 7.41. The highest BCUT2D eigenvalue weighted by molar-refractivity contribution is 6.36. The fraction of sp³-hybridized carbons (Fsp3) is 0.359. The van der Waals surface area contributed by atoms with E-state index in [9.17, 15) is 14.4 Å². The second kappa shape index (κ2) is 14.9. The zero-order valence-electron chi connectivity index (χ0n) is 29.9. The highest BCUT2D eigenvalue weighted by atomic mass is 35.5. The Balaban J connectivity index is 1.26. The van der Waals surface area contributed by atoms with E-state index in [1.807, 2.05) is 41.2 Å². The monoisotopic (exact) mass is 755 g/mol. The molecule has 14 heteroatoms. The first-order chi connectivity index (χ1) is 25.4. The van der Waals surface area contributed by atoms with Crippen LogP contribution >= 0.6 is 23.2 Å². The molecular weight excluding hydrogens is 716 g/mol. The van der Waals surface area contributed by atoms with E-state index < -0.39 is 11.9 Å². The normalized spacial score (nSPS) is 16.3. The molecule has 0 bridgehead atoms. The third-order valence-corrected chi connectivity index (χ3v) is 10.7. The van der Waals surface area contributed by atoms with E-state index in [-0.39, 0.29) is 34.2 Å². The molecule has 2 aliphatic heterocycles. The van der Waals surface area contributed by atoms with E-state index in [4.69, 9.17) is 27.9 Å². The predicted molar refractivity (Wildman–Crippen MR) is 204 cm³/mol. The van der Waals surface area contributed by atoms with Crippen molar-refractivity contribution >= 4 is 57.1 Å². The second-order valence-corrected chi connectivity index (χ2v) is 15.4. The van der Waals surface area contributed by atoms with Crippen LogP contribution in [0.1, 0.15) is 72.9 Å². The maximum Gasteiger partial charge on any atom is 0.254 e. The number of piperidine rings is 1. The Labute approximate surface area is 317 Å². The van der Waals surface area contributed by atoms with Crippen molar-refractivity contribution in [1.82, 2.24) is 29.8 Å². The molecular formula is C39H40Cl2FN9O2. The van der Waals surface area contributed by atoms with Gasteiger partial charge in [0.1, 0.15) is 17.6 Å². The minimum atomic E-state index is -0.556. The first-order valence-electron chi connectivity index (χ1n) is 17.5. The number of nitriles is 1. The third kappa shape index (κ3) is 7.66. The van der Waals surface area contributed by atoms with Crippen LogP contribution in [-0.2, 0) is 4.74 Å². The summed E-state index contributed by atoms with van der Waals surface area (Å²) in [5.74, 6) is -0.631. The molecule has 0 saturated carbocycles. The van der Waals surface area contributed by atoms with Crippen LogP contribution in [0.25, 0.3) is 10.9 Å². The van der Waals surface area contributed by atoms with Crippen LogP contribution in [0.5, 0.6) is 0 Å². The highest BCUT2D eigenvalue weighted by Gasteiger charge is 2.32. The number of anilines is 3. The number of rotatable bonds is 9. The highest BCUT2D eigenvalue weighted by Crippen LogP contribution is 2.38. The number of likely N-dealkylation sites (tertiary alicyclic amines) is 2. The average Bonchev–Trinajstić information content (AvgIpc) is 3.62. The van der Waals surface area contributed by atoms with Crippen molar-refractivity contribution in [2.75, 3.05) is 43.9 Å². The predicted octanol–water partition coefficient (Wildman–Crippen LogP) is 8.00. The van der Waals surface area contributed by atoms with Gasteiger partial charge in [0.2, 0.25) is 0 Å². The minimum Gasteiger partial charge on any atom is -0.378 e. The van der Waals surface area contributed by atoms with Gasteiger partial charge in [-0.25, -0.2) is 9.07 Å². The molecule has 0 unspecified atom stereocenters. The Hall–Kier alpha value is -4.80. The van der Waals surface area contributed by atoms with Crippen LogP contribution < -0.4 is 10.6 Å². The number of carbonyl (C=O) groups is 1. The number of hydrogen-bond donors (Lipinski definition) is 2. The Morgan fingerprint density at radius 2 is 1.81 bits per heavy atom. The zero-order chi connectivity index (χ0) is 37.4. The lowest BCUT2D eigenvalue weighted by Gasteiger charge is -2.40. The lowest BCUT2D eigenvalue weighted by atomic mass is 9.98. The molecule has 0 aliphatic carbocycles. The molecule has 1 amide bonds. The van der Waals surface area contributed by atoms with Crippen LogP contribution in [0.3, 0.4) is 0 Å². The summed E-state index contributed by atoms with van der Waals surface area (Å²) in [6.45, 7) is 9.72. The zero-order valence-corrected chi connectivity index (χ0v) is 31.4. The van der Waals surface area contributed by atoms with Crippen molar-refractivity contribution in [3.8, 4) is 6.07 Å². The van der Waals surface area contributed by atoms with Crippen molar-refractivity contribution in [3.63, 3.8) is 0 Å². The largest absolute Gasteiger partial charge is 0.378 e. The van der Waals surface area contributed by atoms with E-state index in [0.717, 1.165) is 31.5 Å². The van der Waals surface area contributed by atoms with Gasteiger partial charge in [-0.05, 0) is 81.6 Å².